The first-order valence-corrected chi connectivity index (χ1v) is 7.59. The second-order valence-corrected chi connectivity index (χ2v) is 5.93. The smallest absolute Gasteiger partial charge is 0.228 e. The van der Waals surface area contributed by atoms with Crippen LogP contribution in [0, 0.1) is 5.92 Å². The molecule has 1 amide bonds. The lowest BCUT2D eigenvalue weighted by Gasteiger charge is -2.49. The van der Waals surface area contributed by atoms with Gasteiger partial charge in [0.2, 0.25) is 5.91 Å². The zero-order chi connectivity index (χ0) is 14.8. The second kappa shape index (κ2) is 5.72. The van der Waals surface area contributed by atoms with Gasteiger partial charge in [0.1, 0.15) is 0 Å². The molecule has 1 saturated heterocycles. The van der Waals surface area contributed by atoms with Gasteiger partial charge in [-0.25, -0.2) is 0 Å². The van der Waals surface area contributed by atoms with Gasteiger partial charge < -0.3 is 4.90 Å². The summed E-state index contributed by atoms with van der Waals surface area (Å²) in [6.45, 7) is 4.18. The zero-order valence-corrected chi connectivity index (χ0v) is 12.6. The number of carbonyl (C=O) groups is 1. The Morgan fingerprint density at radius 3 is 2.19 bits per heavy atom. The summed E-state index contributed by atoms with van der Waals surface area (Å²) >= 11 is 0. The van der Waals surface area contributed by atoms with E-state index >= 15 is 0 Å². The number of hydrogen-bond donors (Lipinski definition) is 0. The van der Waals surface area contributed by atoms with Crippen LogP contribution >= 0.6 is 0 Å². The molecule has 1 aliphatic rings. The lowest BCUT2D eigenvalue weighted by Crippen LogP contribution is -2.57. The van der Waals surface area contributed by atoms with Gasteiger partial charge in [0.05, 0.1) is 12.0 Å². The first-order chi connectivity index (χ1) is 10.2. The molecular weight excluding hydrogens is 258 g/mol. The molecule has 1 aliphatic heterocycles. The van der Waals surface area contributed by atoms with Gasteiger partial charge in [-0.3, -0.25) is 4.79 Å². The van der Waals surface area contributed by atoms with E-state index in [1.807, 2.05) is 36.1 Å². The molecule has 2 aromatic rings. The van der Waals surface area contributed by atoms with Crippen molar-refractivity contribution in [3.8, 4) is 0 Å². The molecule has 21 heavy (non-hydrogen) atoms. The Labute approximate surface area is 126 Å². The van der Waals surface area contributed by atoms with E-state index in [-0.39, 0.29) is 23.9 Å². The molecule has 2 aromatic carbocycles. The number of carbonyl (C=O) groups excluding carboxylic acids is 1. The highest BCUT2D eigenvalue weighted by atomic mass is 16.2. The van der Waals surface area contributed by atoms with Crippen molar-refractivity contribution >= 4 is 5.91 Å². The lowest BCUT2D eigenvalue weighted by atomic mass is 9.82. The molecule has 3 rings (SSSR count). The van der Waals surface area contributed by atoms with Gasteiger partial charge in [0.15, 0.2) is 0 Å². The molecule has 2 nitrogen and oxygen atoms in total. The fraction of sp³-hybridized carbons (Fsp3) is 0.316. The van der Waals surface area contributed by atoms with Gasteiger partial charge in [0, 0.05) is 6.04 Å². The summed E-state index contributed by atoms with van der Waals surface area (Å²) in [5, 5.41) is 0. The van der Waals surface area contributed by atoms with Crippen molar-refractivity contribution in [2.75, 3.05) is 0 Å². The molecule has 0 N–H and O–H groups in total. The van der Waals surface area contributed by atoms with Crippen LogP contribution in [0.2, 0.25) is 0 Å². The number of rotatable bonds is 4. The molecule has 0 radical (unpaired) electrons. The highest BCUT2D eigenvalue weighted by molar-refractivity contribution is 5.86. The van der Waals surface area contributed by atoms with E-state index in [1.54, 1.807) is 0 Å². The first kappa shape index (κ1) is 13.9. The van der Waals surface area contributed by atoms with Gasteiger partial charge in [-0.15, -0.1) is 0 Å². The van der Waals surface area contributed by atoms with Crippen LogP contribution in [0.1, 0.15) is 31.0 Å². The fourth-order valence-electron chi connectivity index (χ4n) is 3.31. The predicted octanol–water partition coefficient (Wildman–Crippen LogP) is 3.84. The van der Waals surface area contributed by atoms with E-state index in [1.165, 1.54) is 11.1 Å². The average molecular weight is 279 g/mol. The number of benzene rings is 2. The molecule has 0 aliphatic carbocycles. The summed E-state index contributed by atoms with van der Waals surface area (Å²) in [6, 6.07) is 21.2. The van der Waals surface area contributed by atoms with Gasteiger partial charge >= 0.3 is 0 Å². The number of amides is 1. The van der Waals surface area contributed by atoms with Gasteiger partial charge in [-0.1, -0.05) is 67.6 Å². The fourth-order valence-corrected chi connectivity index (χ4v) is 3.31. The molecule has 0 spiro atoms. The van der Waals surface area contributed by atoms with Crippen molar-refractivity contribution in [1.29, 1.82) is 0 Å². The molecular formula is C19H21NO. The zero-order valence-electron chi connectivity index (χ0n) is 12.6. The van der Waals surface area contributed by atoms with Crippen LogP contribution in [0.4, 0.5) is 0 Å². The molecule has 108 valence electrons. The molecule has 0 bridgehead atoms. The summed E-state index contributed by atoms with van der Waals surface area (Å²) in [7, 11) is 0. The van der Waals surface area contributed by atoms with Crippen molar-refractivity contribution in [2.24, 2.45) is 5.92 Å². The maximum atomic E-state index is 12.3. The van der Waals surface area contributed by atoms with E-state index < -0.39 is 0 Å². The Morgan fingerprint density at radius 2 is 1.57 bits per heavy atom. The summed E-state index contributed by atoms with van der Waals surface area (Å²) < 4.78 is 0. The van der Waals surface area contributed by atoms with Gasteiger partial charge in [-0.05, 0) is 24.5 Å². The van der Waals surface area contributed by atoms with Crippen LogP contribution in [0.25, 0.3) is 0 Å². The minimum atomic E-state index is 0.0885. The molecule has 3 unspecified atom stereocenters. The third-order valence-electron chi connectivity index (χ3n) is 4.41. The van der Waals surface area contributed by atoms with Crippen LogP contribution in [0.5, 0.6) is 0 Å². The van der Waals surface area contributed by atoms with E-state index in [2.05, 4.69) is 43.3 Å². The lowest BCUT2D eigenvalue weighted by molar-refractivity contribution is -0.159. The molecule has 0 saturated carbocycles. The van der Waals surface area contributed by atoms with Crippen molar-refractivity contribution < 1.29 is 4.79 Å². The Hall–Kier alpha value is -2.09. The van der Waals surface area contributed by atoms with Crippen molar-refractivity contribution in [1.82, 2.24) is 4.90 Å². The Kier molecular flexibility index (Phi) is 3.78. The van der Waals surface area contributed by atoms with E-state index in [0.29, 0.717) is 0 Å². The number of hydrogen-bond acceptors (Lipinski definition) is 1. The second-order valence-electron chi connectivity index (χ2n) is 5.93. The maximum Gasteiger partial charge on any atom is 0.228 e. The van der Waals surface area contributed by atoms with Crippen molar-refractivity contribution in [2.45, 2.75) is 32.4 Å². The molecule has 1 fully saturated rings. The van der Waals surface area contributed by atoms with Crippen LogP contribution in [-0.2, 0) is 11.2 Å². The van der Waals surface area contributed by atoms with E-state index in [9.17, 15) is 4.79 Å². The highest BCUT2D eigenvalue weighted by Crippen LogP contribution is 2.41. The Balaban J connectivity index is 1.78. The average Bonchev–Trinajstić information content (AvgIpc) is 2.53. The standard InChI is InChI=1S/C19H21NO/c1-14(13-16-9-5-3-6-10-16)20-18(15(2)19(20)21)17-11-7-4-8-12-17/h3-12,14-15,18H,13H2,1-2H3. The first-order valence-electron chi connectivity index (χ1n) is 7.59. The van der Waals surface area contributed by atoms with Crippen molar-refractivity contribution in [3.05, 3.63) is 71.8 Å². The van der Waals surface area contributed by atoms with Gasteiger partial charge in [0.25, 0.3) is 0 Å². The number of likely N-dealkylation sites (tertiary alicyclic amines) is 1. The molecule has 1 heterocycles. The summed E-state index contributed by atoms with van der Waals surface area (Å²) in [5.74, 6) is 0.359. The molecule has 0 aromatic heterocycles. The number of nitrogens with zero attached hydrogens (tertiary/aromatic N) is 1. The topological polar surface area (TPSA) is 20.3 Å². The van der Waals surface area contributed by atoms with E-state index in [4.69, 9.17) is 0 Å². The quantitative estimate of drug-likeness (QED) is 0.779. The van der Waals surface area contributed by atoms with E-state index in [0.717, 1.165) is 6.42 Å². The van der Waals surface area contributed by atoms with Crippen LogP contribution < -0.4 is 0 Å². The SMILES string of the molecule is CC1C(=O)N(C(C)Cc2ccccc2)C1c1ccccc1. The van der Waals surface area contributed by atoms with Crippen molar-refractivity contribution in [3.63, 3.8) is 0 Å². The highest BCUT2D eigenvalue weighted by Gasteiger charge is 2.46. The van der Waals surface area contributed by atoms with Crippen LogP contribution in [0.15, 0.2) is 60.7 Å². The monoisotopic (exact) mass is 279 g/mol. The largest absolute Gasteiger partial charge is 0.332 e. The molecule has 3 atom stereocenters. The summed E-state index contributed by atoms with van der Waals surface area (Å²) in [4.78, 5) is 14.4. The Bertz CT molecular complexity index is 608. The third-order valence-corrected chi connectivity index (χ3v) is 4.41. The summed E-state index contributed by atoms with van der Waals surface area (Å²) in [5.41, 5.74) is 2.52. The summed E-state index contributed by atoms with van der Waals surface area (Å²) in [6.07, 6.45) is 0.905. The minimum Gasteiger partial charge on any atom is -0.332 e. The maximum absolute atomic E-state index is 12.3. The number of β-lactam (4-membered cyclic amide) rings is 1. The minimum absolute atomic E-state index is 0.0885. The molecule has 2 heteroatoms. The normalized spacial score (nSPS) is 22.8. The predicted molar refractivity (Wildman–Crippen MR) is 84.8 cm³/mol. The van der Waals surface area contributed by atoms with Crippen LogP contribution in [-0.4, -0.2) is 16.8 Å². The third kappa shape index (κ3) is 2.58. The van der Waals surface area contributed by atoms with Gasteiger partial charge in [-0.2, -0.15) is 0 Å². The van der Waals surface area contributed by atoms with Crippen LogP contribution in [0.3, 0.4) is 0 Å². The Morgan fingerprint density at radius 1 is 1.00 bits per heavy atom.